The minimum Gasteiger partial charge on any atom is -0.466 e. The molecule has 0 amide bonds. The van der Waals surface area contributed by atoms with Crippen LogP contribution in [0.5, 0.6) is 0 Å². The Kier molecular flexibility index (Phi) is 5.16. The fourth-order valence-corrected chi connectivity index (χ4v) is 2.81. The third kappa shape index (κ3) is 2.64. The quantitative estimate of drug-likeness (QED) is 0.717. The largest absolute Gasteiger partial charge is 0.466 e. The van der Waals surface area contributed by atoms with Crippen molar-refractivity contribution < 1.29 is 9.53 Å². The van der Waals surface area contributed by atoms with Crippen LogP contribution in [0.25, 0.3) is 0 Å². The summed E-state index contributed by atoms with van der Waals surface area (Å²) in [6.07, 6.45) is 5.08. The lowest BCUT2D eigenvalue weighted by atomic mass is 9.64. The summed E-state index contributed by atoms with van der Waals surface area (Å²) in [4.78, 5) is 12.2. The summed E-state index contributed by atoms with van der Waals surface area (Å²) in [5, 5.41) is 18.3. The molecule has 18 heavy (non-hydrogen) atoms. The van der Waals surface area contributed by atoms with Gasteiger partial charge in [0.2, 0.25) is 0 Å². The zero-order valence-corrected chi connectivity index (χ0v) is 11.1. The van der Waals surface area contributed by atoms with Crippen molar-refractivity contribution in [3.8, 4) is 12.1 Å². The second-order valence-corrected chi connectivity index (χ2v) is 5.03. The molecule has 1 aliphatic carbocycles. The van der Waals surface area contributed by atoms with Gasteiger partial charge in [-0.15, -0.1) is 0 Å². The van der Waals surface area contributed by atoms with Crippen molar-refractivity contribution in [3.63, 3.8) is 0 Å². The minimum absolute atomic E-state index is 0.0783. The molecule has 4 nitrogen and oxygen atoms in total. The van der Waals surface area contributed by atoms with Crippen molar-refractivity contribution >= 4 is 5.97 Å². The third-order valence-corrected chi connectivity index (χ3v) is 4.03. The molecule has 0 aromatic carbocycles. The van der Waals surface area contributed by atoms with E-state index in [1.54, 1.807) is 13.8 Å². The Morgan fingerprint density at radius 1 is 1.33 bits per heavy atom. The van der Waals surface area contributed by atoms with Gasteiger partial charge in [0.25, 0.3) is 0 Å². The first-order valence-electron chi connectivity index (χ1n) is 6.57. The molecule has 1 rings (SSSR count). The lowest BCUT2D eigenvalue weighted by Gasteiger charge is -2.38. The average Bonchev–Trinajstić information content (AvgIpc) is 2.41. The molecular formula is C14H20N2O2. The lowest BCUT2D eigenvalue weighted by Crippen LogP contribution is -2.43. The zero-order chi connectivity index (χ0) is 13.6. The van der Waals surface area contributed by atoms with Crippen LogP contribution in [0, 0.1) is 39.9 Å². The average molecular weight is 248 g/mol. The molecule has 1 saturated carbocycles. The van der Waals surface area contributed by atoms with Crippen LogP contribution in [-0.2, 0) is 9.53 Å². The number of rotatable bonds is 4. The number of carbonyl (C=O) groups is 1. The molecule has 0 N–H and O–H groups in total. The van der Waals surface area contributed by atoms with E-state index in [0.717, 1.165) is 25.7 Å². The summed E-state index contributed by atoms with van der Waals surface area (Å²) in [7, 11) is 0. The molecule has 1 aliphatic rings. The number of esters is 1. The van der Waals surface area contributed by atoms with Gasteiger partial charge >= 0.3 is 5.97 Å². The van der Waals surface area contributed by atoms with Gasteiger partial charge in [-0.3, -0.25) is 4.79 Å². The van der Waals surface area contributed by atoms with Gasteiger partial charge in [0, 0.05) is 0 Å². The van der Waals surface area contributed by atoms with Crippen molar-refractivity contribution in [2.24, 2.45) is 17.3 Å². The number of hydrogen-bond acceptors (Lipinski definition) is 4. The molecular weight excluding hydrogens is 228 g/mol. The van der Waals surface area contributed by atoms with Crippen LogP contribution in [0.2, 0.25) is 0 Å². The predicted octanol–water partition coefficient (Wildman–Crippen LogP) is 2.80. The van der Waals surface area contributed by atoms with Crippen molar-refractivity contribution in [2.45, 2.75) is 46.0 Å². The Bertz CT molecular complexity index is 360. The molecule has 0 aromatic rings. The summed E-state index contributed by atoms with van der Waals surface area (Å²) < 4.78 is 5.10. The SMILES string of the molecule is CCOC(=O)C(C)(C(C#N)C#N)C1CCCCC1. The van der Waals surface area contributed by atoms with Gasteiger partial charge in [-0.05, 0) is 32.6 Å². The maximum Gasteiger partial charge on any atom is 0.314 e. The van der Waals surface area contributed by atoms with E-state index in [2.05, 4.69) is 0 Å². The number of nitriles is 2. The molecule has 0 saturated heterocycles. The summed E-state index contributed by atoms with van der Waals surface area (Å²) in [6.45, 7) is 3.75. The standard InChI is InChI=1S/C14H20N2O2/c1-3-18-13(17)14(2,12(9-15)10-16)11-7-5-4-6-8-11/h11-12H,3-8H2,1-2H3. The predicted molar refractivity (Wildman–Crippen MR) is 66.0 cm³/mol. The second kappa shape index (κ2) is 6.40. The molecule has 0 aliphatic heterocycles. The van der Waals surface area contributed by atoms with Crippen LogP contribution in [-0.4, -0.2) is 12.6 Å². The Morgan fingerprint density at radius 3 is 2.33 bits per heavy atom. The normalized spacial score (nSPS) is 19.6. The van der Waals surface area contributed by atoms with E-state index < -0.39 is 17.3 Å². The fraction of sp³-hybridized carbons (Fsp3) is 0.786. The molecule has 1 atom stereocenters. The van der Waals surface area contributed by atoms with E-state index >= 15 is 0 Å². The highest BCUT2D eigenvalue weighted by Crippen LogP contribution is 2.44. The monoisotopic (exact) mass is 248 g/mol. The molecule has 1 unspecified atom stereocenters. The Labute approximate surface area is 109 Å². The van der Waals surface area contributed by atoms with E-state index in [1.807, 2.05) is 12.1 Å². The van der Waals surface area contributed by atoms with Crippen LogP contribution in [0.3, 0.4) is 0 Å². The van der Waals surface area contributed by atoms with Crippen LogP contribution in [0.1, 0.15) is 46.0 Å². The van der Waals surface area contributed by atoms with Crippen molar-refractivity contribution in [1.29, 1.82) is 10.5 Å². The van der Waals surface area contributed by atoms with Crippen LogP contribution < -0.4 is 0 Å². The molecule has 0 bridgehead atoms. The number of nitrogens with zero attached hydrogens (tertiary/aromatic N) is 2. The van der Waals surface area contributed by atoms with E-state index in [0.29, 0.717) is 0 Å². The van der Waals surface area contributed by atoms with Crippen molar-refractivity contribution in [3.05, 3.63) is 0 Å². The smallest absolute Gasteiger partial charge is 0.314 e. The van der Waals surface area contributed by atoms with E-state index in [-0.39, 0.29) is 12.5 Å². The molecule has 1 fully saturated rings. The van der Waals surface area contributed by atoms with Crippen LogP contribution in [0.15, 0.2) is 0 Å². The number of ether oxygens (including phenoxy) is 1. The summed E-state index contributed by atoms with van der Waals surface area (Å²) in [5.41, 5.74) is -0.986. The van der Waals surface area contributed by atoms with Gasteiger partial charge in [-0.2, -0.15) is 10.5 Å². The molecule has 98 valence electrons. The Hall–Kier alpha value is -1.55. The number of hydrogen-bond donors (Lipinski definition) is 0. The van der Waals surface area contributed by atoms with Gasteiger partial charge in [0.05, 0.1) is 24.2 Å². The van der Waals surface area contributed by atoms with Gasteiger partial charge < -0.3 is 4.74 Å². The zero-order valence-electron chi connectivity index (χ0n) is 11.1. The molecule has 0 aromatic heterocycles. The first-order chi connectivity index (χ1) is 8.61. The Balaban J connectivity index is 3.03. The van der Waals surface area contributed by atoms with E-state index in [9.17, 15) is 4.79 Å². The van der Waals surface area contributed by atoms with Crippen LogP contribution >= 0.6 is 0 Å². The van der Waals surface area contributed by atoms with Gasteiger partial charge in [-0.25, -0.2) is 0 Å². The highest BCUT2D eigenvalue weighted by molar-refractivity contribution is 5.78. The topological polar surface area (TPSA) is 73.9 Å². The first kappa shape index (κ1) is 14.5. The lowest BCUT2D eigenvalue weighted by molar-refractivity contribution is -0.160. The Morgan fingerprint density at radius 2 is 1.89 bits per heavy atom. The highest BCUT2D eigenvalue weighted by atomic mass is 16.5. The minimum atomic E-state index is -0.986. The first-order valence-corrected chi connectivity index (χ1v) is 6.57. The van der Waals surface area contributed by atoms with Gasteiger partial charge in [0.15, 0.2) is 0 Å². The van der Waals surface area contributed by atoms with Gasteiger partial charge in [0.1, 0.15) is 5.92 Å². The summed E-state index contributed by atoms with van der Waals surface area (Å²) in [6, 6.07) is 3.93. The number of carbonyl (C=O) groups excluding carboxylic acids is 1. The van der Waals surface area contributed by atoms with E-state index in [4.69, 9.17) is 15.3 Å². The maximum atomic E-state index is 12.2. The van der Waals surface area contributed by atoms with Crippen molar-refractivity contribution in [2.75, 3.05) is 6.61 Å². The summed E-state index contributed by atoms with van der Waals surface area (Å²) >= 11 is 0. The maximum absolute atomic E-state index is 12.2. The fourth-order valence-electron chi connectivity index (χ4n) is 2.81. The molecule has 0 radical (unpaired) electrons. The molecule has 4 heteroatoms. The van der Waals surface area contributed by atoms with E-state index in [1.165, 1.54) is 6.42 Å². The van der Waals surface area contributed by atoms with Crippen LogP contribution in [0.4, 0.5) is 0 Å². The van der Waals surface area contributed by atoms with Crippen molar-refractivity contribution in [1.82, 2.24) is 0 Å². The second-order valence-electron chi connectivity index (χ2n) is 5.03. The summed E-state index contributed by atoms with van der Waals surface area (Å²) in [5.74, 6) is -1.25. The molecule has 0 spiro atoms. The molecule has 0 heterocycles. The highest BCUT2D eigenvalue weighted by Gasteiger charge is 2.49. The third-order valence-electron chi connectivity index (χ3n) is 4.03. The van der Waals surface area contributed by atoms with Gasteiger partial charge in [-0.1, -0.05) is 19.3 Å².